The van der Waals surface area contributed by atoms with Crippen molar-refractivity contribution >= 4 is 47.2 Å². The third-order valence-corrected chi connectivity index (χ3v) is 5.02. The van der Waals surface area contributed by atoms with Crippen LogP contribution >= 0.6 is 35.6 Å². The van der Waals surface area contributed by atoms with Crippen LogP contribution < -0.4 is 10.6 Å². The van der Waals surface area contributed by atoms with Crippen LogP contribution in [0.15, 0.2) is 70.3 Å². The topological polar surface area (TPSA) is 70.9 Å². The molecule has 6 nitrogen and oxygen atoms in total. The first-order valence-corrected chi connectivity index (χ1v) is 9.62. The number of benzene rings is 2. The highest BCUT2D eigenvalue weighted by atomic mass is 127. The molecule has 2 heterocycles. The summed E-state index contributed by atoms with van der Waals surface area (Å²) in [7, 11) is 0. The molecule has 2 aromatic carbocycles. The van der Waals surface area contributed by atoms with E-state index in [0.717, 1.165) is 42.5 Å². The number of aliphatic imine (C=N–C) groups is 1. The molecule has 29 heavy (non-hydrogen) atoms. The van der Waals surface area contributed by atoms with E-state index < -0.39 is 0 Å². The average molecular weight is 524 g/mol. The van der Waals surface area contributed by atoms with Crippen molar-refractivity contribution in [1.82, 2.24) is 9.88 Å². The number of hydrogen-bond acceptors (Lipinski definition) is 4. The van der Waals surface area contributed by atoms with Crippen LogP contribution in [0.5, 0.6) is 0 Å². The predicted octanol–water partition coefficient (Wildman–Crippen LogP) is 4.25. The molecule has 0 bridgehead atoms. The van der Waals surface area contributed by atoms with E-state index >= 15 is 0 Å². The van der Waals surface area contributed by atoms with Gasteiger partial charge >= 0.3 is 0 Å². The first kappa shape index (κ1) is 21.4. The molecule has 0 spiro atoms. The summed E-state index contributed by atoms with van der Waals surface area (Å²) in [4.78, 5) is 13.4. The molecule has 1 aromatic heterocycles. The molecule has 152 valence electrons. The number of rotatable bonds is 4. The van der Waals surface area contributed by atoms with E-state index in [0.29, 0.717) is 18.4 Å². The maximum absolute atomic E-state index is 6.20. The van der Waals surface area contributed by atoms with Gasteiger partial charge in [0, 0.05) is 42.5 Å². The van der Waals surface area contributed by atoms with E-state index in [1.807, 2.05) is 54.6 Å². The number of guanidine groups is 1. The second-order valence-corrected chi connectivity index (χ2v) is 7.07. The zero-order valence-electron chi connectivity index (χ0n) is 15.9. The quantitative estimate of drug-likeness (QED) is 0.315. The Morgan fingerprint density at radius 3 is 2.41 bits per heavy atom. The Hall–Kier alpha value is -2.26. The van der Waals surface area contributed by atoms with E-state index in [9.17, 15) is 0 Å². The van der Waals surface area contributed by atoms with Crippen LogP contribution in [0.1, 0.15) is 5.69 Å². The third kappa shape index (κ3) is 5.42. The van der Waals surface area contributed by atoms with Crippen molar-refractivity contribution in [2.45, 2.75) is 6.54 Å². The van der Waals surface area contributed by atoms with Crippen molar-refractivity contribution in [3.05, 3.63) is 71.6 Å². The number of oxazole rings is 1. The summed E-state index contributed by atoms with van der Waals surface area (Å²) >= 11 is 5.97. The molecule has 8 heteroatoms. The first-order valence-electron chi connectivity index (χ1n) is 9.24. The second-order valence-electron chi connectivity index (χ2n) is 6.63. The van der Waals surface area contributed by atoms with Crippen LogP contribution in [0.2, 0.25) is 5.02 Å². The summed E-state index contributed by atoms with van der Waals surface area (Å²) in [6.45, 7) is 3.83. The molecule has 0 atom stereocenters. The van der Waals surface area contributed by atoms with Crippen LogP contribution in [0, 0.1) is 0 Å². The SMILES string of the molecule is I.NC(=NCc1coc(-c2ccccc2)n1)N1CCN(c2ccc(Cl)cc2)CC1. The van der Waals surface area contributed by atoms with Crippen molar-refractivity contribution < 1.29 is 4.42 Å². The maximum atomic E-state index is 6.20. The molecular formula is C21H23ClIN5O. The van der Waals surface area contributed by atoms with Gasteiger partial charge in [-0.1, -0.05) is 29.8 Å². The molecule has 1 aliphatic rings. The molecule has 0 aliphatic carbocycles. The van der Waals surface area contributed by atoms with Crippen LogP contribution in [-0.2, 0) is 6.54 Å². The molecule has 1 aliphatic heterocycles. The van der Waals surface area contributed by atoms with Gasteiger partial charge in [-0.2, -0.15) is 0 Å². The van der Waals surface area contributed by atoms with Crippen LogP contribution in [0.4, 0.5) is 5.69 Å². The monoisotopic (exact) mass is 523 g/mol. The van der Waals surface area contributed by atoms with Crippen LogP contribution in [0.25, 0.3) is 11.5 Å². The Labute approximate surface area is 192 Å². The van der Waals surface area contributed by atoms with Crippen molar-refractivity contribution in [2.24, 2.45) is 10.7 Å². The number of piperazine rings is 1. The Balaban J connectivity index is 0.00000240. The van der Waals surface area contributed by atoms with E-state index in [4.69, 9.17) is 21.8 Å². The summed E-state index contributed by atoms with van der Waals surface area (Å²) in [6, 6.07) is 17.7. The van der Waals surface area contributed by atoms with Gasteiger partial charge in [0.2, 0.25) is 5.89 Å². The molecule has 1 fully saturated rings. The molecule has 0 radical (unpaired) electrons. The number of hydrogen-bond donors (Lipinski definition) is 1. The Morgan fingerprint density at radius 2 is 1.72 bits per heavy atom. The Bertz CT molecular complexity index is 937. The predicted molar refractivity (Wildman–Crippen MR) is 128 cm³/mol. The van der Waals surface area contributed by atoms with Crippen molar-refractivity contribution in [2.75, 3.05) is 31.1 Å². The lowest BCUT2D eigenvalue weighted by molar-refractivity contribution is 0.380. The van der Waals surface area contributed by atoms with Gasteiger partial charge in [-0.15, -0.1) is 24.0 Å². The van der Waals surface area contributed by atoms with Gasteiger partial charge in [-0.3, -0.25) is 0 Å². The smallest absolute Gasteiger partial charge is 0.226 e. The largest absolute Gasteiger partial charge is 0.444 e. The van der Waals surface area contributed by atoms with E-state index in [2.05, 4.69) is 19.8 Å². The number of nitrogens with two attached hydrogens (primary N) is 1. The Kier molecular flexibility index (Phi) is 7.38. The summed E-state index contributed by atoms with van der Waals surface area (Å²) in [5.41, 5.74) is 9.09. The lowest BCUT2D eigenvalue weighted by Crippen LogP contribution is -2.51. The molecule has 2 N–H and O–H groups in total. The minimum atomic E-state index is 0. The first-order chi connectivity index (χ1) is 13.7. The molecule has 1 saturated heterocycles. The number of halogens is 2. The highest BCUT2D eigenvalue weighted by Gasteiger charge is 2.18. The molecular weight excluding hydrogens is 501 g/mol. The van der Waals surface area contributed by atoms with E-state index in [1.165, 1.54) is 5.69 Å². The van der Waals surface area contributed by atoms with Gasteiger partial charge in [-0.05, 0) is 36.4 Å². The molecule has 4 rings (SSSR count). The zero-order valence-corrected chi connectivity index (χ0v) is 19.0. The fourth-order valence-corrected chi connectivity index (χ4v) is 3.33. The highest BCUT2D eigenvalue weighted by molar-refractivity contribution is 14.0. The fraction of sp³-hybridized carbons (Fsp3) is 0.238. The molecule has 0 unspecified atom stereocenters. The van der Waals surface area contributed by atoms with Gasteiger partial charge in [0.25, 0.3) is 0 Å². The number of anilines is 1. The van der Waals surface area contributed by atoms with Gasteiger partial charge in [-0.25, -0.2) is 9.98 Å². The molecule has 3 aromatic rings. The molecule has 0 saturated carbocycles. The van der Waals surface area contributed by atoms with Gasteiger partial charge in [0.1, 0.15) is 12.0 Å². The standard InChI is InChI=1S/C21H22ClN5O.HI/c22-17-6-8-19(9-7-17)26-10-12-27(13-11-26)21(23)24-14-18-15-28-20(25-18)16-4-2-1-3-5-16;/h1-9,15H,10-14H2,(H2,23,24);1H. The van der Waals surface area contributed by atoms with Crippen LogP contribution in [0.3, 0.4) is 0 Å². The fourth-order valence-electron chi connectivity index (χ4n) is 3.20. The minimum absolute atomic E-state index is 0. The average Bonchev–Trinajstić information content (AvgIpc) is 3.22. The highest BCUT2D eigenvalue weighted by Crippen LogP contribution is 2.20. The Morgan fingerprint density at radius 1 is 1.03 bits per heavy atom. The summed E-state index contributed by atoms with van der Waals surface area (Å²) in [5.74, 6) is 1.14. The van der Waals surface area contributed by atoms with Gasteiger partial charge in [0.05, 0.1) is 6.54 Å². The lowest BCUT2D eigenvalue weighted by Gasteiger charge is -2.36. The molecule has 0 amide bonds. The maximum Gasteiger partial charge on any atom is 0.226 e. The van der Waals surface area contributed by atoms with Gasteiger partial charge in [0.15, 0.2) is 5.96 Å². The second kappa shape index (κ2) is 9.98. The van der Waals surface area contributed by atoms with E-state index in [-0.39, 0.29) is 24.0 Å². The minimum Gasteiger partial charge on any atom is -0.444 e. The van der Waals surface area contributed by atoms with Crippen LogP contribution in [-0.4, -0.2) is 42.0 Å². The summed E-state index contributed by atoms with van der Waals surface area (Å²) in [6.07, 6.45) is 1.64. The van der Waals surface area contributed by atoms with Crippen molar-refractivity contribution in [3.8, 4) is 11.5 Å². The van der Waals surface area contributed by atoms with Crippen molar-refractivity contribution in [1.29, 1.82) is 0 Å². The normalized spacial score (nSPS) is 14.6. The number of aromatic nitrogens is 1. The van der Waals surface area contributed by atoms with Crippen molar-refractivity contribution in [3.63, 3.8) is 0 Å². The third-order valence-electron chi connectivity index (χ3n) is 4.77. The summed E-state index contributed by atoms with van der Waals surface area (Å²) in [5, 5.41) is 0.752. The van der Waals surface area contributed by atoms with Gasteiger partial charge < -0.3 is 20.0 Å². The zero-order chi connectivity index (χ0) is 19.3. The van der Waals surface area contributed by atoms with E-state index in [1.54, 1.807) is 6.26 Å². The summed E-state index contributed by atoms with van der Waals surface area (Å²) < 4.78 is 5.55. The number of nitrogens with zero attached hydrogens (tertiary/aromatic N) is 4. The lowest BCUT2D eigenvalue weighted by atomic mass is 10.2.